The molecule has 0 aromatic heterocycles. The Hall–Kier alpha value is -0.860. The van der Waals surface area contributed by atoms with E-state index in [9.17, 15) is 0 Å². The van der Waals surface area contributed by atoms with Gasteiger partial charge in [-0.15, -0.1) is 0 Å². The zero-order valence-corrected chi connectivity index (χ0v) is 11.0. The second-order valence-electron chi connectivity index (χ2n) is 5.49. The van der Waals surface area contributed by atoms with E-state index >= 15 is 0 Å². The van der Waals surface area contributed by atoms with Gasteiger partial charge in [0.05, 0.1) is 0 Å². The highest BCUT2D eigenvalue weighted by atomic mass is 15.1. The van der Waals surface area contributed by atoms with Gasteiger partial charge in [0.25, 0.3) is 0 Å². The first-order chi connectivity index (χ1) is 8.20. The Kier molecular flexibility index (Phi) is 4.19. The summed E-state index contributed by atoms with van der Waals surface area (Å²) >= 11 is 0. The smallest absolute Gasteiger partial charge is 0.0236 e. The predicted octanol–water partition coefficient (Wildman–Crippen LogP) is 2.28. The van der Waals surface area contributed by atoms with Crippen LogP contribution in [0.2, 0.25) is 0 Å². The third-order valence-electron chi connectivity index (χ3n) is 3.95. The summed E-state index contributed by atoms with van der Waals surface area (Å²) in [7, 11) is 0. The normalized spacial score (nSPS) is 18.1. The Morgan fingerprint density at radius 1 is 1.24 bits per heavy atom. The highest BCUT2D eigenvalue weighted by Gasteiger charge is 2.20. The lowest BCUT2D eigenvalue weighted by atomic mass is 9.93. The number of fused-ring (bicyclic) bond motifs is 1. The van der Waals surface area contributed by atoms with Crippen LogP contribution in [0.25, 0.3) is 0 Å². The molecule has 0 radical (unpaired) electrons. The molecule has 1 aromatic rings. The summed E-state index contributed by atoms with van der Waals surface area (Å²) in [6, 6.07) is 8.81. The van der Waals surface area contributed by atoms with Gasteiger partial charge >= 0.3 is 0 Å². The summed E-state index contributed by atoms with van der Waals surface area (Å²) in [5.41, 5.74) is 8.88. The Morgan fingerprint density at radius 3 is 2.59 bits per heavy atom. The van der Waals surface area contributed by atoms with Gasteiger partial charge in [-0.05, 0) is 35.9 Å². The maximum absolute atomic E-state index is 5.86. The van der Waals surface area contributed by atoms with Gasteiger partial charge in [0.15, 0.2) is 0 Å². The van der Waals surface area contributed by atoms with E-state index < -0.39 is 0 Å². The van der Waals surface area contributed by atoms with Crippen LogP contribution < -0.4 is 5.73 Å². The molecule has 0 saturated heterocycles. The van der Waals surface area contributed by atoms with Crippen molar-refractivity contribution in [2.75, 3.05) is 19.6 Å². The lowest BCUT2D eigenvalue weighted by Crippen LogP contribution is -2.38. The molecule has 0 amide bonds. The fourth-order valence-electron chi connectivity index (χ4n) is 2.60. The monoisotopic (exact) mass is 232 g/mol. The van der Waals surface area contributed by atoms with Crippen molar-refractivity contribution >= 4 is 0 Å². The van der Waals surface area contributed by atoms with E-state index in [-0.39, 0.29) is 0 Å². The van der Waals surface area contributed by atoms with Gasteiger partial charge in [0, 0.05) is 19.6 Å². The molecule has 1 aliphatic rings. The van der Waals surface area contributed by atoms with E-state index in [0.29, 0.717) is 11.8 Å². The zero-order valence-electron chi connectivity index (χ0n) is 11.0. The molecule has 2 nitrogen and oxygen atoms in total. The summed E-state index contributed by atoms with van der Waals surface area (Å²) < 4.78 is 0. The molecule has 1 heterocycles. The molecular formula is C15H24N2. The highest BCUT2D eigenvalue weighted by molar-refractivity contribution is 5.29. The van der Waals surface area contributed by atoms with E-state index in [1.54, 1.807) is 0 Å². The molecule has 17 heavy (non-hydrogen) atoms. The SMILES string of the molecule is CC(C)C(CN)CN1CCc2ccccc2C1. The van der Waals surface area contributed by atoms with Crippen LogP contribution in [-0.2, 0) is 13.0 Å². The predicted molar refractivity (Wildman–Crippen MR) is 72.8 cm³/mol. The first kappa shape index (κ1) is 12.6. The Morgan fingerprint density at radius 2 is 1.94 bits per heavy atom. The lowest BCUT2D eigenvalue weighted by molar-refractivity contribution is 0.190. The van der Waals surface area contributed by atoms with Crippen molar-refractivity contribution in [3.05, 3.63) is 35.4 Å². The third-order valence-corrected chi connectivity index (χ3v) is 3.95. The Labute approximate surface area is 105 Å². The summed E-state index contributed by atoms with van der Waals surface area (Å²) in [5, 5.41) is 0. The largest absolute Gasteiger partial charge is 0.330 e. The van der Waals surface area contributed by atoms with Crippen LogP contribution in [0.3, 0.4) is 0 Å². The second-order valence-corrected chi connectivity index (χ2v) is 5.49. The highest BCUT2D eigenvalue weighted by Crippen LogP contribution is 2.20. The van der Waals surface area contributed by atoms with Crippen molar-refractivity contribution < 1.29 is 0 Å². The number of hydrogen-bond acceptors (Lipinski definition) is 2. The summed E-state index contributed by atoms with van der Waals surface area (Å²) in [4.78, 5) is 2.56. The van der Waals surface area contributed by atoms with Crippen LogP contribution >= 0.6 is 0 Å². The van der Waals surface area contributed by atoms with Crippen LogP contribution in [-0.4, -0.2) is 24.5 Å². The van der Waals surface area contributed by atoms with E-state index in [1.807, 2.05) is 0 Å². The van der Waals surface area contributed by atoms with Gasteiger partial charge < -0.3 is 5.73 Å². The number of nitrogens with two attached hydrogens (primary N) is 1. The van der Waals surface area contributed by atoms with Crippen molar-refractivity contribution in [1.29, 1.82) is 0 Å². The molecule has 0 aliphatic carbocycles. The molecule has 0 spiro atoms. The molecule has 94 valence electrons. The van der Waals surface area contributed by atoms with Gasteiger partial charge in [0.2, 0.25) is 0 Å². The molecule has 1 aliphatic heterocycles. The minimum absolute atomic E-state index is 0.625. The molecule has 2 rings (SSSR count). The molecule has 2 heteroatoms. The number of rotatable bonds is 4. The summed E-state index contributed by atoms with van der Waals surface area (Å²) in [5.74, 6) is 1.30. The minimum atomic E-state index is 0.625. The van der Waals surface area contributed by atoms with E-state index in [0.717, 1.165) is 19.6 Å². The van der Waals surface area contributed by atoms with Gasteiger partial charge in [-0.3, -0.25) is 4.90 Å². The van der Waals surface area contributed by atoms with Crippen molar-refractivity contribution in [1.82, 2.24) is 4.90 Å². The molecule has 0 saturated carbocycles. The van der Waals surface area contributed by atoms with Gasteiger partial charge in [-0.1, -0.05) is 38.1 Å². The molecule has 0 bridgehead atoms. The number of hydrogen-bond donors (Lipinski definition) is 1. The van der Waals surface area contributed by atoms with Crippen molar-refractivity contribution in [3.8, 4) is 0 Å². The fourth-order valence-corrected chi connectivity index (χ4v) is 2.60. The van der Waals surface area contributed by atoms with Gasteiger partial charge in [-0.25, -0.2) is 0 Å². The first-order valence-electron chi connectivity index (χ1n) is 6.70. The molecule has 1 unspecified atom stereocenters. The Balaban J connectivity index is 1.98. The quantitative estimate of drug-likeness (QED) is 0.863. The number of benzene rings is 1. The summed E-state index contributed by atoms with van der Waals surface area (Å²) in [6.45, 7) is 8.77. The molecule has 2 N–H and O–H groups in total. The van der Waals surface area contributed by atoms with Crippen molar-refractivity contribution in [2.45, 2.75) is 26.8 Å². The van der Waals surface area contributed by atoms with E-state index in [2.05, 4.69) is 43.0 Å². The van der Waals surface area contributed by atoms with Crippen LogP contribution in [0, 0.1) is 11.8 Å². The topological polar surface area (TPSA) is 29.3 Å². The van der Waals surface area contributed by atoms with Crippen LogP contribution in [0.5, 0.6) is 0 Å². The van der Waals surface area contributed by atoms with Crippen LogP contribution in [0.1, 0.15) is 25.0 Å². The number of nitrogens with zero attached hydrogens (tertiary/aromatic N) is 1. The second kappa shape index (κ2) is 5.65. The molecule has 0 fully saturated rings. The third kappa shape index (κ3) is 3.08. The standard InChI is InChI=1S/C15H24N2/c1-12(2)15(9-16)11-17-8-7-13-5-3-4-6-14(13)10-17/h3-6,12,15H,7-11,16H2,1-2H3. The fraction of sp³-hybridized carbons (Fsp3) is 0.600. The first-order valence-corrected chi connectivity index (χ1v) is 6.70. The van der Waals surface area contributed by atoms with Crippen LogP contribution in [0.4, 0.5) is 0 Å². The summed E-state index contributed by atoms with van der Waals surface area (Å²) in [6.07, 6.45) is 1.19. The molecular weight excluding hydrogens is 208 g/mol. The molecule has 1 aromatic carbocycles. The zero-order chi connectivity index (χ0) is 12.3. The maximum Gasteiger partial charge on any atom is 0.0236 e. The van der Waals surface area contributed by atoms with Crippen molar-refractivity contribution in [3.63, 3.8) is 0 Å². The lowest BCUT2D eigenvalue weighted by Gasteiger charge is -2.32. The average molecular weight is 232 g/mol. The Bertz CT molecular complexity index is 360. The average Bonchev–Trinajstić information content (AvgIpc) is 2.35. The molecule has 1 atom stereocenters. The maximum atomic E-state index is 5.86. The minimum Gasteiger partial charge on any atom is -0.330 e. The van der Waals surface area contributed by atoms with Gasteiger partial charge in [0.1, 0.15) is 0 Å². The van der Waals surface area contributed by atoms with Crippen LogP contribution in [0.15, 0.2) is 24.3 Å². The van der Waals surface area contributed by atoms with Crippen molar-refractivity contribution in [2.24, 2.45) is 17.6 Å². The van der Waals surface area contributed by atoms with E-state index in [4.69, 9.17) is 5.73 Å². The van der Waals surface area contributed by atoms with Gasteiger partial charge in [-0.2, -0.15) is 0 Å². The van der Waals surface area contributed by atoms with E-state index in [1.165, 1.54) is 24.1 Å².